The van der Waals surface area contributed by atoms with Crippen molar-refractivity contribution in [1.29, 1.82) is 0 Å². The minimum atomic E-state index is -0.290. The lowest BCUT2D eigenvalue weighted by Gasteiger charge is -2.18. The fourth-order valence-electron chi connectivity index (χ4n) is 2.97. The van der Waals surface area contributed by atoms with Crippen molar-refractivity contribution >= 4 is 32.7 Å². The zero-order valence-corrected chi connectivity index (χ0v) is 15.6. The topological polar surface area (TPSA) is 36.1 Å². The van der Waals surface area contributed by atoms with Gasteiger partial charge < -0.3 is 9.88 Å². The second-order valence-corrected chi connectivity index (χ2v) is 7.11. The Kier molecular flexibility index (Phi) is 5.53. The zero-order chi connectivity index (χ0) is 17.8. The summed E-state index contributed by atoms with van der Waals surface area (Å²) in [6, 6.07) is 12.9. The third-order valence-electron chi connectivity index (χ3n) is 4.35. The molecule has 0 fully saturated rings. The molecule has 0 radical (unpaired) electrons. The van der Waals surface area contributed by atoms with E-state index in [1.165, 1.54) is 17.0 Å². The van der Waals surface area contributed by atoms with E-state index in [1.807, 2.05) is 24.4 Å². The van der Waals surface area contributed by atoms with Gasteiger partial charge in [0.25, 0.3) is 0 Å². The van der Waals surface area contributed by atoms with E-state index < -0.39 is 0 Å². The molecule has 130 valence electrons. The highest BCUT2D eigenvalue weighted by molar-refractivity contribution is 9.10. The maximum Gasteiger partial charge on any atom is 0.222 e. The molecule has 3 rings (SSSR count). The lowest BCUT2D eigenvalue weighted by Crippen LogP contribution is -2.26. The average molecular weight is 403 g/mol. The Hall–Kier alpha value is -2.14. The van der Waals surface area contributed by atoms with Gasteiger partial charge in [-0.2, -0.15) is 0 Å². The Morgan fingerprint density at radius 3 is 2.84 bits per heavy atom. The molecule has 0 atom stereocenters. The molecule has 3 nitrogen and oxygen atoms in total. The number of aromatic nitrogens is 1. The standard InChI is InChI=1S/C20H20BrFN2O/c1-24(13-15-11-16(21)9-10-18(15)22)20(25)8-4-5-14-12-23-19-7-3-2-6-17(14)19/h2-3,6-7,9-12,23H,4-5,8,13H2,1H3. The SMILES string of the molecule is CN(Cc1cc(Br)ccc1F)C(=O)CCCc1c[nH]c2ccccc12. The Bertz CT molecular complexity index is 890. The van der Waals surface area contributed by atoms with Crippen molar-refractivity contribution in [2.45, 2.75) is 25.8 Å². The number of carbonyl (C=O) groups excluding carboxylic acids is 1. The molecule has 0 saturated heterocycles. The maximum atomic E-state index is 13.8. The van der Waals surface area contributed by atoms with Gasteiger partial charge in [0.2, 0.25) is 5.91 Å². The Morgan fingerprint density at radius 1 is 1.20 bits per heavy atom. The number of aryl methyl sites for hydroxylation is 1. The molecule has 3 aromatic rings. The number of rotatable bonds is 6. The third kappa shape index (κ3) is 4.28. The van der Waals surface area contributed by atoms with Gasteiger partial charge in [0.15, 0.2) is 0 Å². The molecule has 25 heavy (non-hydrogen) atoms. The summed E-state index contributed by atoms with van der Waals surface area (Å²) in [6.45, 7) is 0.275. The molecular formula is C20H20BrFN2O. The molecule has 1 aromatic heterocycles. The van der Waals surface area contributed by atoms with E-state index in [-0.39, 0.29) is 18.3 Å². The van der Waals surface area contributed by atoms with Gasteiger partial charge in [-0.1, -0.05) is 34.1 Å². The molecule has 1 heterocycles. The van der Waals surface area contributed by atoms with Crippen LogP contribution in [0.3, 0.4) is 0 Å². The van der Waals surface area contributed by atoms with E-state index >= 15 is 0 Å². The van der Waals surface area contributed by atoms with Crippen LogP contribution in [0.1, 0.15) is 24.0 Å². The predicted molar refractivity (Wildman–Crippen MR) is 102 cm³/mol. The number of amides is 1. The van der Waals surface area contributed by atoms with Crippen molar-refractivity contribution in [3.05, 3.63) is 70.1 Å². The second-order valence-electron chi connectivity index (χ2n) is 6.20. The molecule has 1 amide bonds. The Balaban J connectivity index is 1.54. The van der Waals surface area contributed by atoms with Crippen LogP contribution in [-0.2, 0) is 17.8 Å². The molecule has 2 aromatic carbocycles. The lowest BCUT2D eigenvalue weighted by atomic mass is 10.1. The van der Waals surface area contributed by atoms with Crippen molar-refractivity contribution in [2.75, 3.05) is 7.05 Å². The fourth-order valence-corrected chi connectivity index (χ4v) is 3.38. The summed E-state index contributed by atoms with van der Waals surface area (Å²) in [6.07, 6.45) is 4.07. The van der Waals surface area contributed by atoms with Gasteiger partial charge in [0, 0.05) is 47.1 Å². The molecule has 1 N–H and O–H groups in total. The van der Waals surface area contributed by atoms with E-state index in [0.717, 1.165) is 22.8 Å². The van der Waals surface area contributed by atoms with Crippen molar-refractivity contribution in [2.24, 2.45) is 0 Å². The summed E-state index contributed by atoms with van der Waals surface area (Å²) in [7, 11) is 1.72. The number of para-hydroxylation sites is 1. The van der Waals surface area contributed by atoms with Gasteiger partial charge in [0.05, 0.1) is 0 Å². The van der Waals surface area contributed by atoms with Crippen molar-refractivity contribution in [1.82, 2.24) is 9.88 Å². The minimum Gasteiger partial charge on any atom is -0.361 e. The number of benzene rings is 2. The quantitative estimate of drug-likeness (QED) is 0.614. The average Bonchev–Trinajstić information content (AvgIpc) is 3.01. The number of halogens is 2. The van der Waals surface area contributed by atoms with Crippen molar-refractivity contribution in [3.8, 4) is 0 Å². The molecule has 0 unspecified atom stereocenters. The largest absolute Gasteiger partial charge is 0.361 e. The zero-order valence-electron chi connectivity index (χ0n) is 14.1. The van der Waals surface area contributed by atoms with Crippen LogP contribution in [0.25, 0.3) is 10.9 Å². The van der Waals surface area contributed by atoms with Gasteiger partial charge >= 0.3 is 0 Å². The van der Waals surface area contributed by atoms with Gasteiger partial charge in [-0.05, 0) is 42.7 Å². The molecule has 0 aliphatic heterocycles. The first kappa shape index (κ1) is 17.7. The summed E-state index contributed by atoms with van der Waals surface area (Å²) < 4.78 is 14.6. The van der Waals surface area contributed by atoms with Crippen LogP contribution in [0.4, 0.5) is 4.39 Å². The highest BCUT2D eigenvalue weighted by Crippen LogP contribution is 2.20. The summed E-state index contributed by atoms with van der Waals surface area (Å²) >= 11 is 3.33. The van der Waals surface area contributed by atoms with E-state index in [4.69, 9.17) is 0 Å². The van der Waals surface area contributed by atoms with E-state index in [1.54, 1.807) is 24.1 Å². The van der Waals surface area contributed by atoms with Crippen LogP contribution in [-0.4, -0.2) is 22.8 Å². The predicted octanol–water partition coefficient (Wildman–Crippen LogP) is 5.05. The molecule has 0 bridgehead atoms. The molecule has 0 saturated carbocycles. The summed E-state index contributed by atoms with van der Waals surface area (Å²) in [5.41, 5.74) is 2.86. The van der Waals surface area contributed by atoms with E-state index in [0.29, 0.717) is 12.0 Å². The van der Waals surface area contributed by atoms with Crippen LogP contribution in [0.5, 0.6) is 0 Å². The van der Waals surface area contributed by atoms with Crippen LogP contribution in [0.2, 0.25) is 0 Å². The number of hydrogen-bond acceptors (Lipinski definition) is 1. The lowest BCUT2D eigenvalue weighted by molar-refractivity contribution is -0.130. The van der Waals surface area contributed by atoms with Crippen LogP contribution < -0.4 is 0 Å². The molecule has 0 spiro atoms. The van der Waals surface area contributed by atoms with Gasteiger partial charge in [-0.15, -0.1) is 0 Å². The number of hydrogen-bond donors (Lipinski definition) is 1. The monoisotopic (exact) mass is 402 g/mol. The van der Waals surface area contributed by atoms with Crippen LogP contribution >= 0.6 is 15.9 Å². The van der Waals surface area contributed by atoms with E-state index in [9.17, 15) is 9.18 Å². The number of fused-ring (bicyclic) bond motifs is 1. The summed E-state index contributed by atoms with van der Waals surface area (Å²) in [5, 5.41) is 1.21. The molecule has 0 aliphatic rings. The number of H-pyrrole nitrogens is 1. The smallest absolute Gasteiger partial charge is 0.222 e. The highest BCUT2D eigenvalue weighted by atomic mass is 79.9. The molecular weight excluding hydrogens is 383 g/mol. The number of nitrogens with zero attached hydrogens (tertiary/aromatic N) is 1. The van der Waals surface area contributed by atoms with Crippen LogP contribution in [0, 0.1) is 5.82 Å². The van der Waals surface area contributed by atoms with E-state index in [2.05, 4.69) is 27.0 Å². The summed E-state index contributed by atoms with van der Waals surface area (Å²) in [5.74, 6) is -0.263. The number of aromatic amines is 1. The Labute approximate surface area is 155 Å². The van der Waals surface area contributed by atoms with Gasteiger partial charge in [-0.25, -0.2) is 4.39 Å². The Morgan fingerprint density at radius 2 is 2.00 bits per heavy atom. The third-order valence-corrected chi connectivity index (χ3v) is 4.85. The first-order chi connectivity index (χ1) is 12.0. The number of carbonyl (C=O) groups is 1. The second kappa shape index (κ2) is 7.83. The van der Waals surface area contributed by atoms with Crippen molar-refractivity contribution < 1.29 is 9.18 Å². The number of nitrogens with one attached hydrogen (secondary N) is 1. The summed E-state index contributed by atoms with van der Waals surface area (Å²) in [4.78, 5) is 17.2. The van der Waals surface area contributed by atoms with Crippen molar-refractivity contribution in [3.63, 3.8) is 0 Å². The van der Waals surface area contributed by atoms with Crippen LogP contribution in [0.15, 0.2) is 53.1 Å². The highest BCUT2D eigenvalue weighted by Gasteiger charge is 2.12. The first-order valence-corrected chi connectivity index (χ1v) is 9.07. The first-order valence-electron chi connectivity index (χ1n) is 8.27. The molecule has 0 aliphatic carbocycles. The maximum absolute atomic E-state index is 13.8. The molecule has 5 heteroatoms. The van der Waals surface area contributed by atoms with Gasteiger partial charge in [-0.3, -0.25) is 4.79 Å². The normalized spacial score (nSPS) is 11.0. The fraction of sp³-hybridized carbons (Fsp3) is 0.250. The minimum absolute atomic E-state index is 0.0271. The van der Waals surface area contributed by atoms with Gasteiger partial charge in [0.1, 0.15) is 5.82 Å².